The fraction of sp³-hybridized carbons (Fsp3) is 0.318. The van der Waals surface area contributed by atoms with Crippen LogP contribution in [-0.4, -0.2) is 34.5 Å². The number of hydrogen-bond acceptors (Lipinski definition) is 5. The van der Waals surface area contributed by atoms with Crippen LogP contribution in [0.2, 0.25) is 0 Å². The molecule has 3 heterocycles. The maximum atomic E-state index is 13.3. The van der Waals surface area contributed by atoms with Crippen LogP contribution in [0.25, 0.3) is 11.3 Å². The zero-order chi connectivity index (χ0) is 21.3. The van der Waals surface area contributed by atoms with Crippen LogP contribution >= 0.6 is 11.3 Å². The minimum absolute atomic E-state index is 0.0581. The SMILES string of the molecule is CC(C)C[C@H]1C(=O)N[C@@H](c2cccs2)CN1C(=O)c1cc(-c2ccc(F)cc2)no1. The van der Waals surface area contributed by atoms with Crippen LogP contribution < -0.4 is 5.32 Å². The Bertz CT molecular complexity index is 1030. The first-order valence-electron chi connectivity index (χ1n) is 9.79. The molecule has 1 aliphatic heterocycles. The smallest absolute Gasteiger partial charge is 0.293 e. The van der Waals surface area contributed by atoms with Gasteiger partial charge in [0.25, 0.3) is 5.91 Å². The highest BCUT2D eigenvalue weighted by atomic mass is 32.1. The molecule has 0 unspecified atom stereocenters. The van der Waals surface area contributed by atoms with Crippen LogP contribution in [0, 0.1) is 11.7 Å². The van der Waals surface area contributed by atoms with Gasteiger partial charge in [-0.3, -0.25) is 9.59 Å². The third-order valence-electron chi connectivity index (χ3n) is 5.08. The van der Waals surface area contributed by atoms with E-state index in [4.69, 9.17) is 4.52 Å². The summed E-state index contributed by atoms with van der Waals surface area (Å²) in [7, 11) is 0. The van der Waals surface area contributed by atoms with Crippen molar-refractivity contribution in [2.24, 2.45) is 5.92 Å². The summed E-state index contributed by atoms with van der Waals surface area (Å²) in [5, 5.41) is 8.95. The number of carbonyl (C=O) groups is 2. The summed E-state index contributed by atoms with van der Waals surface area (Å²) in [4.78, 5) is 28.7. The van der Waals surface area contributed by atoms with Gasteiger partial charge in [-0.25, -0.2) is 4.39 Å². The standard InChI is InChI=1S/C22H22FN3O3S/c1-13(2)10-18-21(27)24-17(20-4-3-9-30-20)12-26(18)22(28)19-11-16(25-29-19)14-5-7-15(23)8-6-14/h3-9,11,13,17-18H,10,12H2,1-2H3,(H,24,27)/t17-,18+/m1/s1. The second-order valence-corrected chi connectivity index (χ2v) is 8.74. The van der Waals surface area contributed by atoms with Crippen LogP contribution in [0.1, 0.15) is 41.7 Å². The van der Waals surface area contributed by atoms with Crippen LogP contribution in [0.5, 0.6) is 0 Å². The molecule has 30 heavy (non-hydrogen) atoms. The Morgan fingerprint density at radius 3 is 2.77 bits per heavy atom. The van der Waals surface area contributed by atoms with Gasteiger partial charge in [0.1, 0.15) is 17.6 Å². The third kappa shape index (κ3) is 4.14. The van der Waals surface area contributed by atoms with Crippen molar-refractivity contribution >= 4 is 23.2 Å². The zero-order valence-corrected chi connectivity index (χ0v) is 17.5. The van der Waals surface area contributed by atoms with Crippen LogP contribution in [0.3, 0.4) is 0 Å². The zero-order valence-electron chi connectivity index (χ0n) is 16.7. The second kappa shape index (κ2) is 8.39. The lowest BCUT2D eigenvalue weighted by Crippen LogP contribution is -2.58. The molecule has 1 fully saturated rings. The van der Waals surface area contributed by atoms with Gasteiger partial charge in [0.05, 0.1) is 6.04 Å². The number of piperazine rings is 1. The van der Waals surface area contributed by atoms with Crippen molar-refractivity contribution in [3.8, 4) is 11.3 Å². The highest BCUT2D eigenvalue weighted by Gasteiger charge is 2.39. The number of hydrogen-bond donors (Lipinski definition) is 1. The molecule has 4 rings (SSSR count). The van der Waals surface area contributed by atoms with E-state index in [2.05, 4.69) is 10.5 Å². The van der Waals surface area contributed by atoms with E-state index in [-0.39, 0.29) is 35.4 Å². The molecule has 3 aromatic rings. The average molecular weight is 428 g/mol. The highest BCUT2D eigenvalue weighted by Crippen LogP contribution is 2.29. The Hall–Kier alpha value is -3.00. The fourth-order valence-corrected chi connectivity index (χ4v) is 4.38. The molecule has 0 bridgehead atoms. The molecule has 1 saturated heterocycles. The van der Waals surface area contributed by atoms with Crippen molar-refractivity contribution in [1.82, 2.24) is 15.4 Å². The summed E-state index contributed by atoms with van der Waals surface area (Å²) >= 11 is 1.54. The summed E-state index contributed by atoms with van der Waals surface area (Å²) in [5.41, 5.74) is 1.08. The van der Waals surface area contributed by atoms with Gasteiger partial charge in [-0.1, -0.05) is 25.1 Å². The topological polar surface area (TPSA) is 75.4 Å². The van der Waals surface area contributed by atoms with E-state index in [1.165, 1.54) is 29.5 Å². The molecule has 2 aromatic heterocycles. The molecule has 1 aromatic carbocycles. The second-order valence-electron chi connectivity index (χ2n) is 7.76. The van der Waals surface area contributed by atoms with E-state index in [9.17, 15) is 14.0 Å². The maximum Gasteiger partial charge on any atom is 0.293 e. The lowest BCUT2D eigenvalue weighted by Gasteiger charge is -2.39. The molecule has 0 aliphatic carbocycles. The number of carbonyl (C=O) groups excluding carboxylic acids is 2. The van der Waals surface area contributed by atoms with Crippen LogP contribution in [-0.2, 0) is 4.79 Å². The molecule has 6 nitrogen and oxygen atoms in total. The number of nitrogens with one attached hydrogen (secondary N) is 1. The van der Waals surface area contributed by atoms with Crippen molar-refractivity contribution < 1.29 is 18.5 Å². The highest BCUT2D eigenvalue weighted by molar-refractivity contribution is 7.10. The van der Waals surface area contributed by atoms with E-state index in [0.717, 1.165) is 4.88 Å². The van der Waals surface area contributed by atoms with E-state index in [1.807, 2.05) is 31.4 Å². The fourth-order valence-electron chi connectivity index (χ4n) is 3.61. The number of nitrogens with zero attached hydrogens (tertiary/aromatic N) is 2. The van der Waals surface area contributed by atoms with E-state index < -0.39 is 6.04 Å². The molecule has 0 saturated carbocycles. The predicted octanol–water partition coefficient (Wildman–Crippen LogP) is 4.27. The minimum Gasteiger partial charge on any atom is -0.350 e. The van der Waals surface area contributed by atoms with E-state index in [0.29, 0.717) is 24.2 Å². The Morgan fingerprint density at radius 1 is 1.33 bits per heavy atom. The lowest BCUT2D eigenvalue weighted by atomic mass is 9.97. The van der Waals surface area contributed by atoms with Gasteiger partial charge >= 0.3 is 0 Å². The minimum atomic E-state index is -0.576. The molecule has 0 spiro atoms. The summed E-state index contributed by atoms with van der Waals surface area (Å²) in [6.45, 7) is 4.39. The van der Waals surface area contributed by atoms with Crippen LogP contribution in [0.15, 0.2) is 52.4 Å². The van der Waals surface area contributed by atoms with Crippen molar-refractivity contribution in [1.29, 1.82) is 0 Å². The maximum absolute atomic E-state index is 13.3. The Kier molecular flexibility index (Phi) is 5.67. The molecule has 2 atom stereocenters. The Balaban J connectivity index is 1.61. The number of rotatable bonds is 5. The molecular formula is C22H22FN3O3S. The quantitative estimate of drug-likeness (QED) is 0.660. The van der Waals surface area contributed by atoms with Crippen molar-refractivity contribution in [3.63, 3.8) is 0 Å². The number of halogens is 1. The third-order valence-corrected chi connectivity index (χ3v) is 6.06. The number of thiophene rings is 1. The first-order valence-corrected chi connectivity index (χ1v) is 10.7. The summed E-state index contributed by atoms with van der Waals surface area (Å²) in [6.07, 6.45) is 0.549. The average Bonchev–Trinajstić information content (AvgIpc) is 3.41. The Morgan fingerprint density at radius 2 is 2.10 bits per heavy atom. The van der Waals surface area contributed by atoms with Gasteiger partial charge in [-0.2, -0.15) is 0 Å². The molecule has 1 aliphatic rings. The van der Waals surface area contributed by atoms with E-state index >= 15 is 0 Å². The lowest BCUT2D eigenvalue weighted by molar-refractivity contribution is -0.130. The summed E-state index contributed by atoms with van der Waals surface area (Å²) < 4.78 is 18.5. The Labute approximate surface area is 177 Å². The summed E-state index contributed by atoms with van der Waals surface area (Å²) in [5.74, 6) is -0.603. The first-order chi connectivity index (χ1) is 14.4. The van der Waals surface area contributed by atoms with Gasteiger partial charge < -0.3 is 14.7 Å². The van der Waals surface area contributed by atoms with Gasteiger partial charge in [0.2, 0.25) is 11.7 Å². The molecular weight excluding hydrogens is 405 g/mol. The first kappa shape index (κ1) is 20.3. The molecule has 156 valence electrons. The largest absolute Gasteiger partial charge is 0.350 e. The number of amides is 2. The van der Waals surface area contributed by atoms with E-state index in [1.54, 1.807) is 17.0 Å². The van der Waals surface area contributed by atoms with Crippen molar-refractivity contribution in [2.45, 2.75) is 32.4 Å². The normalized spacial score (nSPS) is 19.2. The molecule has 1 N–H and O–H groups in total. The van der Waals surface area contributed by atoms with Crippen molar-refractivity contribution in [3.05, 3.63) is 64.3 Å². The molecule has 8 heteroatoms. The van der Waals surface area contributed by atoms with Gasteiger partial charge in [0.15, 0.2) is 0 Å². The van der Waals surface area contributed by atoms with Crippen molar-refractivity contribution in [2.75, 3.05) is 6.54 Å². The predicted molar refractivity (Wildman–Crippen MR) is 111 cm³/mol. The number of aromatic nitrogens is 1. The number of benzene rings is 1. The molecule has 2 amide bonds. The molecule has 0 radical (unpaired) electrons. The van der Waals surface area contributed by atoms with Gasteiger partial charge in [-0.15, -0.1) is 11.3 Å². The van der Waals surface area contributed by atoms with Gasteiger partial charge in [-0.05, 0) is 48.1 Å². The van der Waals surface area contributed by atoms with Crippen LogP contribution in [0.4, 0.5) is 4.39 Å². The van der Waals surface area contributed by atoms with Gasteiger partial charge in [0, 0.05) is 23.1 Å². The summed E-state index contributed by atoms with van der Waals surface area (Å²) in [6, 6.07) is 10.4. The monoisotopic (exact) mass is 427 g/mol.